The lowest BCUT2D eigenvalue weighted by molar-refractivity contribution is -0.0883. The Morgan fingerprint density at radius 2 is 1.92 bits per heavy atom. The lowest BCUT2D eigenvalue weighted by Gasteiger charge is -2.05. The van der Waals surface area contributed by atoms with Crippen molar-refractivity contribution in [2.75, 3.05) is 0 Å². The summed E-state index contributed by atoms with van der Waals surface area (Å²) in [5, 5.41) is 0. The summed E-state index contributed by atoms with van der Waals surface area (Å²) < 4.78 is 36.2. The van der Waals surface area contributed by atoms with Gasteiger partial charge in [0.2, 0.25) is 0 Å². The fourth-order valence-corrected chi connectivity index (χ4v) is 0.593. The number of hydrogen-bond acceptors (Lipinski definition) is 0. The Kier molecular flexibility index (Phi) is 4.06. The molecule has 0 spiro atoms. The summed E-state index contributed by atoms with van der Waals surface area (Å²) in [7, 11) is 0. The minimum atomic E-state index is -4.33. The van der Waals surface area contributed by atoms with Crippen LogP contribution in [0.25, 0.3) is 0 Å². The molecule has 3 heteroatoms. The molecule has 13 heavy (non-hydrogen) atoms. The third-order valence-electron chi connectivity index (χ3n) is 1.29. The van der Waals surface area contributed by atoms with E-state index in [0.717, 1.165) is 18.2 Å². The van der Waals surface area contributed by atoms with Gasteiger partial charge in [-0.3, -0.25) is 0 Å². The zero-order chi connectivity index (χ0) is 10.5. The summed E-state index contributed by atoms with van der Waals surface area (Å²) in [5.41, 5.74) is -0.521. The van der Waals surface area contributed by atoms with Gasteiger partial charge in [0, 0.05) is 5.57 Å². The molecule has 0 heterocycles. The SMILES string of the molecule is C#CC(=C)/C=C\C(=C/C)C(F)(F)F. The molecule has 0 unspecified atom stereocenters. The van der Waals surface area contributed by atoms with Crippen molar-refractivity contribution in [1.29, 1.82) is 0 Å². The maximum atomic E-state index is 12.1. The molecule has 0 rings (SSSR count). The third kappa shape index (κ3) is 4.22. The monoisotopic (exact) mass is 186 g/mol. The molecule has 0 saturated heterocycles. The summed E-state index contributed by atoms with van der Waals surface area (Å²) in [6, 6.07) is 0. The second kappa shape index (κ2) is 4.56. The van der Waals surface area contributed by atoms with E-state index in [1.807, 2.05) is 0 Å². The van der Waals surface area contributed by atoms with Crippen LogP contribution in [-0.2, 0) is 0 Å². The summed E-state index contributed by atoms with van der Waals surface area (Å²) in [4.78, 5) is 0. The highest BCUT2D eigenvalue weighted by Crippen LogP contribution is 2.26. The molecule has 0 aromatic rings. The third-order valence-corrected chi connectivity index (χ3v) is 1.29. The first kappa shape index (κ1) is 11.6. The second-order valence-electron chi connectivity index (χ2n) is 2.24. The van der Waals surface area contributed by atoms with Crippen molar-refractivity contribution in [1.82, 2.24) is 0 Å². The molecular formula is C10H9F3. The predicted molar refractivity (Wildman–Crippen MR) is 46.9 cm³/mol. The minimum absolute atomic E-state index is 0.212. The van der Waals surface area contributed by atoms with Gasteiger partial charge in [0.15, 0.2) is 0 Å². The Bertz CT molecular complexity index is 284. The fraction of sp³-hybridized carbons (Fsp3) is 0.200. The average Bonchev–Trinajstić information content (AvgIpc) is 2.02. The van der Waals surface area contributed by atoms with Crippen LogP contribution in [0.15, 0.2) is 36.0 Å². The molecule has 0 bridgehead atoms. The van der Waals surface area contributed by atoms with Gasteiger partial charge in [0.25, 0.3) is 0 Å². The smallest absolute Gasteiger partial charge is 0.166 e. The van der Waals surface area contributed by atoms with Gasteiger partial charge < -0.3 is 0 Å². The normalized spacial score (nSPS) is 13.0. The highest BCUT2D eigenvalue weighted by atomic mass is 19.4. The minimum Gasteiger partial charge on any atom is -0.166 e. The van der Waals surface area contributed by atoms with Gasteiger partial charge >= 0.3 is 6.18 Å². The lowest BCUT2D eigenvalue weighted by Crippen LogP contribution is -2.09. The molecule has 70 valence electrons. The van der Waals surface area contributed by atoms with Crippen molar-refractivity contribution in [3.8, 4) is 12.3 Å². The van der Waals surface area contributed by atoms with Crippen molar-refractivity contribution in [3.63, 3.8) is 0 Å². The number of allylic oxidation sites excluding steroid dienone is 5. The maximum Gasteiger partial charge on any atom is 0.416 e. The quantitative estimate of drug-likeness (QED) is 0.458. The molecule has 0 amide bonds. The van der Waals surface area contributed by atoms with Crippen LogP contribution in [0.4, 0.5) is 13.2 Å². The van der Waals surface area contributed by atoms with Crippen LogP contribution in [0.3, 0.4) is 0 Å². The predicted octanol–water partition coefficient (Wildman–Crippen LogP) is 3.24. The standard InChI is InChI=1S/C10H9F3/c1-4-8(3)6-7-9(5-2)10(11,12)13/h1,5-7H,3H2,2H3/b7-6-,9-5+. The first-order chi connectivity index (χ1) is 5.91. The van der Waals surface area contributed by atoms with E-state index in [1.54, 1.807) is 0 Å². The van der Waals surface area contributed by atoms with Gasteiger partial charge in [0.1, 0.15) is 0 Å². The van der Waals surface area contributed by atoms with E-state index in [2.05, 4.69) is 12.5 Å². The van der Waals surface area contributed by atoms with Crippen molar-refractivity contribution in [3.05, 3.63) is 36.0 Å². The van der Waals surface area contributed by atoms with E-state index in [0.29, 0.717) is 0 Å². The van der Waals surface area contributed by atoms with Gasteiger partial charge in [-0.1, -0.05) is 18.6 Å². The number of terminal acetylenes is 1. The summed E-state index contributed by atoms with van der Waals surface area (Å²) >= 11 is 0. The Morgan fingerprint density at radius 1 is 1.38 bits per heavy atom. The van der Waals surface area contributed by atoms with Crippen LogP contribution in [0.1, 0.15) is 6.92 Å². The molecule has 0 nitrogen and oxygen atoms in total. The van der Waals surface area contributed by atoms with Crippen molar-refractivity contribution < 1.29 is 13.2 Å². The highest BCUT2D eigenvalue weighted by Gasteiger charge is 2.30. The Balaban J connectivity index is 4.62. The molecule has 0 aliphatic heterocycles. The van der Waals surface area contributed by atoms with Crippen molar-refractivity contribution in [2.45, 2.75) is 13.1 Å². The number of halogens is 3. The molecular weight excluding hydrogens is 177 g/mol. The lowest BCUT2D eigenvalue weighted by atomic mass is 10.2. The summed E-state index contributed by atoms with van der Waals surface area (Å²) in [6.07, 6.45) is 3.61. The van der Waals surface area contributed by atoms with Gasteiger partial charge in [-0.25, -0.2) is 0 Å². The van der Waals surface area contributed by atoms with Crippen LogP contribution in [-0.4, -0.2) is 6.18 Å². The van der Waals surface area contributed by atoms with Gasteiger partial charge in [-0.2, -0.15) is 13.2 Å². The molecule has 0 saturated carbocycles. The highest BCUT2D eigenvalue weighted by molar-refractivity contribution is 5.37. The maximum absolute atomic E-state index is 12.1. The van der Waals surface area contributed by atoms with E-state index in [9.17, 15) is 13.2 Å². The molecule has 0 atom stereocenters. The van der Waals surface area contributed by atoms with Crippen LogP contribution in [0.5, 0.6) is 0 Å². The number of alkyl halides is 3. The van der Waals surface area contributed by atoms with Crippen LogP contribution < -0.4 is 0 Å². The van der Waals surface area contributed by atoms with Crippen LogP contribution in [0, 0.1) is 12.3 Å². The van der Waals surface area contributed by atoms with E-state index < -0.39 is 11.7 Å². The van der Waals surface area contributed by atoms with Crippen LogP contribution in [0.2, 0.25) is 0 Å². The Hall–Kier alpha value is -1.43. The molecule has 0 aliphatic rings. The van der Waals surface area contributed by atoms with Crippen LogP contribution >= 0.6 is 0 Å². The number of hydrogen-bond donors (Lipinski definition) is 0. The van der Waals surface area contributed by atoms with Gasteiger partial charge in [0.05, 0.1) is 5.57 Å². The van der Waals surface area contributed by atoms with Crippen molar-refractivity contribution in [2.24, 2.45) is 0 Å². The van der Waals surface area contributed by atoms with Gasteiger partial charge in [-0.05, 0) is 19.1 Å². The van der Waals surface area contributed by atoms with E-state index in [4.69, 9.17) is 6.42 Å². The fourth-order valence-electron chi connectivity index (χ4n) is 0.593. The van der Waals surface area contributed by atoms with Crippen molar-refractivity contribution >= 4 is 0 Å². The first-order valence-corrected chi connectivity index (χ1v) is 3.49. The van der Waals surface area contributed by atoms with E-state index >= 15 is 0 Å². The molecule has 0 N–H and O–H groups in total. The number of rotatable bonds is 2. The second-order valence-corrected chi connectivity index (χ2v) is 2.24. The molecule has 0 aromatic heterocycles. The Morgan fingerprint density at radius 3 is 2.23 bits per heavy atom. The molecule has 0 aromatic carbocycles. The van der Waals surface area contributed by atoms with Gasteiger partial charge in [-0.15, -0.1) is 6.42 Å². The Labute approximate surface area is 75.5 Å². The zero-order valence-corrected chi connectivity index (χ0v) is 7.15. The largest absolute Gasteiger partial charge is 0.416 e. The topological polar surface area (TPSA) is 0 Å². The first-order valence-electron chi connectivity index (χ1n) is 3.49. The van der Waals surface area contributed by atoms with E-state index in [-0.39, 0.29) is 5.57 Å². The van der Waals surface area contributed by atoms with E-state index in [1.165, 1.54) is 6.92 Å². The molecule has 0 aliphatic carbocycles. The molecule has 0 fully saturated rings. The zero-order valence-electron chi connectivity index (χ0n) is 7.15. The molecule has 0 radical (unpaired) electrons. The summed E-state index contributed by atoms with van der Waals surface area (Å²) in [5.74, 6) is 2.12. The summed E-state index contributed by atoms with van der Waals surface area (Å²) in [6.45, 7) is 4.66. The average molecular weight is 186 g/mol.